The second-order valence-corrected chi connectivity index (χ2v) is 7.54. The Hall–Kier alpha value is -1.72. The van der Waals surface area contributed by atoms with Crippen LogP contribution in [0, 0.1) is 27.9 Å². The molecule has 1 heterocycles. The summed E-state index contributed by atoms with van der Waals surface area (Å²) < 4.78 is 0. The summed E-state index contributed by atoms with van der Waals surface area (Å²) in [4.78, 5) is 15.6. The summed E-state index contributed by atoms with van der Waals surface area (Å²) >= 11 is 0. The molecule has 4 rings (SSSR count). The van der Waals surface area contributed by atoms with Crippen molar-refractivity contribution in [1.29, 1.82) is 0 Å². The quantitative estimate of drug-likeness (QED) is 0.474. The molecule has 1 saturated carbocycles. The number of piperazine rings is 1. The van der Waals surface area contributed by atoms with Crippen LogP contribution in [0.5, 0.6) is 0 Å². The lowest BCUT2D eigenvalue weighted by Gasteiger charge is -2.37. The van der Waals surface area contributed by atoms with Crippen molar-refractivity contribution in [1.82, 2.24) is 9.80 Å². The number of non-ortho nitro benzene ring substituents is 1. The maximum Gasteiger partial charge on any atom is 0.269 e. The van der Waals surface area contributed by atoms with Gasteiger partial charge in [-0.15, -0.1) is 0 Å². The molecular formula is C19H25N3O2. The first-order valence-electron chi connectivity index (χ1n) is 9.04. The smallest absolute Gasteiger partial charge is 0.269 e. The van der Waals surface area contributed by atoms with E-state index in [1.165, 1.54) is 19.4 Å². The van der Waals surface area contributed by atoms with E-state index in [9.17, 15) is 10.1 Å². The van der Waals surface area contributed by atoms with Crippen LogP contribution in [0.1, 0.15) is 18.4 Å². The van der Waals surface area contributed by atoms with E-state index in [4.69, 9.17) is 0 Å². The van der Waals surface area contributed by atoms with Gasteiger partial charge in [0.05, 0.1) is 4.92 Å². The van der Waals surface area contributed by atoms with E-state index in [2.05, 4.69) is 22.0 Å². The van der Waals surface area contributed by atoms with E-state index in [0.29, 0.717) is 0 Å². The zero-order chi connectivity index (χ0) is 16.5. The van der Waals surface area contributed by atoms with Gasteiger partial charge in [0.25, 0.3) is 5.69 Å². The largest absolute Gasteiger partial charge is 0.300 e. The molecule has 1 saturated heterocycles. The topological polar surface area (TPSA) is 49.6 Å². The second-order valence-electron chi connectivity index (χ2n) is 7.54. The van der Waals surface area contributed by atoms with Crippen molar-refractivity contribution >= 4 is 5.69 Å². The van der Waals surface area contributed by atoms with Crippen LogP contribution in [0.3, 0.4) is 0 Å². The molecule has 0 unspecified atom stereocenters. The minimum atomic E-state index is -0.314. The van der Waals surface area contributed by atoms with Crippen LogP contribution in [0.15, 0.2) is 36.4 Å². The first-order valence-corrected chi connectivity index (χ1v) is 9.04. The first kappa shape index (κ1) is 15.8. The van der Waals surface area contributed by atoms with Crippen molar-refractivity contribution in [3.63, 3.8) is 0 Å². The van der Waals surface area contributed by atoms with E-state index in [0.717, 1.165) is 56.0 Å². The average Bonchev–Trinajstić information content (AvgIpc) is 3.20. The lowest BCUT2D eigenvalue weighted by atomic mass is 9.93. The molecule has 1 aromatic carbocycles. The van der Waals surface area contributed by atoms with Crippen molar-refractivity contribution in [3.8, 4) is 0 Å². The van der Waals surface area contributed by atoms with Gasteiger partial charge in [0.2, 0.25) is 0 Å². The van der Waals surface area contributed by atoms with E-state index >= 15 is 0 Å². The van der Waals surface area contributed by atoms with Crippen molar-refractivity contribution < 1.29 is 4.92 Å². The standard InChI is InChI=1S/C19H25N3O2/c23-22(24)19-3-1-2-16(12-19)13-20-6-8-21(9-7-20)14-18-11-15-4-5-17(18)10-15/h1-5,12,15,17-18H,6-11,13-14H2/t15-,17+,18+/m1/s1. The molecule has 2 aliphatic carbocycles. The molecule has 1 aliphatic heterocycles. The Kier molecular flexibility index (Phi) is 4.37. The number of hydrogen-bond donors (Lipinski definition) is 0. The molecule has 128 valence electrons. The fourth-order valence-corrected chi connectivity index (χ4v) is 4.59. The summed E-state index contributed by atoms with van der Waals surface area (Å²) in [5.74, 6) is 2.55. The van der Waals surface area contributed by atoms with Crippen LogP contribution in [0.4, 0.5) is 5.69 Å². The molecule has 0 amide bonds. The third kappa shape index (κ3) is 3.37. The van der Waals surface area contributed by atoms with E-state index in [-0.39, 0.29) is 10.6 Å². The highest BCUT2D eigenvalue weighted by molar-refractivity contribution is 5.34. The van der Waals surface area contributed by atoms with Gasteiger partial charge >= 0.3 is 0 Å². The highest BCUT2D eigenvalue weighted by atomic mass is 16.6. The highest BCUT2D eigenvalue weighted by Gasteiger charge is 2.36. The molecule has 2 bridgehead atoms. The van der Waals surface area contributed by atoms with Gasteiger partial charge in [0.1, 0.15) is 0 Å². The van der Waals surface area contributed by atoms with Gasteiger partial charge in [-0.1, -0.05) is 24.3 Å². The molecule has 2 fully saturated rings. The van der Waals surface area contributed by atoms with Crippen molar-refractivity contribution in [3.05, 3.63) is 52.1 Å². The normalized spacial score (nSPS) is 30.1. The van der Waals surface area contributed by atoms with Crippen molar-refractivity contribution in [2.75, 3.05) is 32.7 Å². The Labute approximate surface area is 143 Å². The predicted octanol–water partition coefficient (Wildman–Crippen LogP) is 2.92. The third-order valence-electron chi connectivity index (χ3n) is 5.90. The van der Waals surface area contributed by atoms with Crippen LogP contribution in [0.25, 0.3) is 0 Å². The first-order chi connectivity index (χ1) is 11.7. The number of hydrogen-bond acceptors (Lipinski definition) is 4. The number of nitrogens with zero attached hydrogens (tertiary/aromatic N) is 3. The minimum Gasteiger partial charge on any atom is -0.300 e. The molecule has 0 aromatic heterocycles. The summed E-state index contributed by atoms with van der Waals surface area (Å²) in [6, 6.07) is 7.03. The minimum absolute atomic E-state index is 0.190. The van der Waals surface area contributed by atoms with Gasteiger partial charge in [-0.3, -0.25) is 15.0 Å². The summed E-state index contributed by atoms with van der Waals surface area (Å²) in [7, 11) is 0. The van der Waals surface area contributed by atoms with Gasteiger partial charge in [0, 0.05) is 51.4 Å². The number of nitro groups is 1. The molecule has 24 heavy (non-hydrogen) atoms. The molecule has 3 aliphatic rings. The molecule has 1 aromatic rings. The number of nitro benzene ring substituents is 1. The van der Waals surface area contributed by atoms with E-state index in [1.807, 2.05) is 6.07 Å². The third-order valence-corrected chi connectivity index (χ3v) is 5.90. The fourth-order valence-electron chi connectivity index (χ4n) is 4.59. The summed E-state index contributed by atoms with van der Waals surface area (Å²) in [5, 5.41) is 10.9. The molecule has 0 radical (unpaired) electrons. The van der Waals surface area contributed by atoms with Crippen LogP contribution in [-0.2, 0) is 6.54 Å². The molecule has 3 atom stereocenters. The lowest BCUT2D eigenvalue weighted by molar-refractivity contribution is -0.384. The van der Waals surface area contributed by atoms with Crippen molar-refractivity contribution in [2.24, 2.45) is 17.8 Å². The maximum absolute atomic E-state index is 10.9. The van der Waals surface area contributed by atoms with Gasteiger partial charge in [-0.2, -0.15) is 0 Å². The van der Waals surface area contributed by atoms with Gasteiger partial charge in [-0.05, 0) is 36.2 Å². The summed E-state index contributed by atoms with van der Waals surface area (Å²) in [5.41, 5.74) is 1.23. The van der Waals surface area contributed by atoms with E-state index < -0.39 is 0 Å². The zero-order valence-electron chi connectivity index (χ0n) is 14.0. The summed E-state index contributed by atoms with van der Waals surface area (Å²) in [6.45, 7) is 6.40. The SMILES string of the molecule is O=[N+]([O-])c1cccc(CN2CCN(C[C@@H]3C[C@@H]4C=C[C@H]3C4)CC2)c1. The van der Waals surface area contributed by atoms with Crippen LogP contribution < -0.4 is 0 Å². The maximum atomic E-state index is 10.9. The van der Waals surface area contributed by atoms with Crippen LogP contribution in [0.2, 0.25) is 0 Å². The molecule has 5 heteroatoms. The second kappa shape index (κ2) is 6.65. The lowest BCUT2D eigenvalue weighted by Crippen LogP contribution is -2.47. The average molecular weight is 327 g/mol. The molecule has 0 N–H and O–H groups in total. The van der Waals surface area contributed by atoms with Crippen LogP contribution in [-0.4, -0.2) is 47.4 Å². The van der Waals surface area contributed by atoms with Crippen molar-refractivity contribution in [2.45, 2.75) is 19.4 Å². The zero-order valence-corrected chi connectivity index (χ0v) is 14.0. The Morgan fingerprint density at radius 2 is 1.88 bits per heavy atom. The molecule has 5 nitrogen and oxygen atoms in total. The Morgan fingerprint density at radius 1 is 1.08 bits per heavy atom. The van der Waals surface area contributed by atoms with E-state index in [1.54, 1.807) is 18.2 Å². The Morgan fingerprint density at radius 3 is 2.54 bits per heavy atom. The Balaban J connectivity index is 1.26. The number of allylic oxidation sites excluding steroid dienone is 2. The van der Waals surface area contributed by atoms with Gasteiger partial charge in [0.15, 0.2) is 0 Å². The summed E-state index contributed by atoms with van der Waals surface area (Å²) in [6.07, 6.45) is 7.63. The molecular weight excluding hydrogens is 302 g/mol. The van der Waals surface area contributed by atoms with Crippen LogP contribution >= 0.6 is 0 Å². The fraction of sp³-hybridized carbons (Fsp3) is 0.579. The molecule has 0 spiro atoms. The Bertz CT molecular complexity index is 637. The monoisotopic (exact) mass is 327 g/mol. The number of rotatable bonds is 5. The van der Waals surface area contributed by atoms with Gasteiger partial charge < -0.3 is 4.90 Å². The van der Waals surface area contributed by atoms with Gasteiger partial charge in [-0.25, -0.2) is 0 Å². The number of fused-ring (bicyclic) bond motifs is 2. The highest BCUT2D eigenvalue weighted by Crippen LogP contribution is 2.43. The number of benzene rings is 1. The predicted molar refractivity (Wildman–Crippen MR) is 93.7 cm³/mol.